The Kier molecular flexibility index (Phi) is 4.07. The minimum atomic E-state index is -0.380. The monoisotopic (exact) mass is 296 g/mol. The van der Waals surface area contributed by atoms with Gasteiger partial charge in [0.15, 0.2) is 0 Å². The molecule has 2 nitrogen and oxygen atoms in total. The fraction of sp³-hybridized carbons (Fsp3) is 0.400. The first kappa shape index (κ1) is 15.3. The molecule has 1 saturated heterocycles. The number of hydrogen-bond acceptors (Lipinski definition) is 1. The Morgan fingerprint density at radius 3 is 1.91 bits per heavy atom. The molecule has 116 valence electrons. The van der Waals surface area contributed by atoms with Crippen molar-refractivity contribution in [1.29, 1.82) is 0 Å². The van der Waals surface area contributed by atoms with Crippen molar-refractivity contribution in [3.8, 4) is 0 Å². The molecule has 1 N–H and O–H groups in total. The maximum absolute atomic E-state index is 11.2. The molecule has 0 saturated carbocycles. The average molecular weight is 296 g/mol. The average Bonchev–Trinajstić information content (AvgIpc) is 2.64. The number of rotatable bonds is 2. The normalized spacial score (nSPS) is 23.7. The van der Waals surface area contributed by atoms with Gasteiger partial charge < -0.3 is 9.59 Å². The molecule has 1 heterocycles. The van der Waals surface area contributed by atoms with Crippen LogP contribution in [-0.2, 0) is 5.41 Å². The van der Waals surface area contributed by atoms with Gasteiger partial charge in [-0.1, -0.05) is 60.7 Å². The molecule has 3 rings (SSSR count). The number of likely N-dealkylation sites (tertiary alicyclic amines) is 1. The maximum Gasteiger partial charge on any atom is 0.117 e. The lowest BCUT2D eigenvalue weighted by atomic mass is 9.68. The van der Waals surface area contributed by atoms with Crippen molar-refractivity contribution in [3.05, 3.63) is 71.8 Å². The third-order valence-electron chi connectivity index (χ3n) is 5.15. The smallest absolute Gasteiger partial charge is 0.117 e. The van der Waals surface area contributed by atoms with Crippen LogP contribution in [0.4, 0.5) is 0 Å². The van der Waals surface area contributed by atoms with Gasteiger partial charge in [-0.15, -0.1) is 0 Å². The van der Waals surface area contributed by atoms with Gasteiger partial charge in [-0.2, -0.15) is 0 Å². The van der Waals surface area contributed by atoms with Gasteiger partial charge in [0.05, 0.1) is 26.1 Å². The highest BCUT2D eigenvalue weighted by Crippen LogP contribution is 2.42. The van der Waals surface area contributed by atoms with E-state index in [9.17, 15) is 5.11 Å². The Bertz CT molecular complexity index is 567. The van der Waals surface area contributed by atoms with E-state index in [4.69, 9.17) is 0 Å². The quantitative estimate of drug-likeness (QED) is 0.844. The third-order valence-corrected chi connectivity index (χ3v) is 5.15. The predicted octanol–water partition coefficient (Wildman–Crippen LogP) is 3.20. The van der Waals surface area contributed by atoms with E-state index in [1.165, 1.54) is 11.1 Å². The molecular weight excluding hydrogens is 270 g/mol. The minimum absolute atomic E-state index is 0.297. The van der Waals surface area contributed by atoms with Crippen molar-refractivity contribution >= 4 is 0 Å². The van der Waals surface area contributed by atoms with E-state index in [0.717, 1.165) is 30.4 Å². The number of benzene rings is 2. The summed E-state index contributed by atoms with van der Waals surface area (Å²) in [4.78, 5) is 0. The zero-order chi connectivity index (χ0) is 15.6. The minimum Gasteiger partial charge on any atom is -0.386 e. The number of aliphatic hydroxyl groups excluding tert-OH is 1. The second-order valence-corrected chi connectivity index (χ2v) is 7.16. The first-order chi connectivity index (χ1) is 10.5. The standard InChI is InChI=1S/C20H26NO/c1-21(2)15-9-14-20(19(22)16-21,17-10-5-3-6-11-17)18-12-7-4-8-13-18/h3-8,10-13,19,22H,9,14-16H2,1-2H3/q+1. The van der Waals surface area contributed by atoms with E-state index >= 15 is 0 Å². The summed E-state index contributed by atoms with van der Waals surface area (Å²) in [6.07, 6.45) is 1.73. The molecule has 0 amide bonds. The summed E-state index contributed by atoms with van der Waals surface area (Å²) < 4.78 is 0.878. The summed E-state index contributed by atoms with van der Waals surface area (Å²) >= 11 is 0. The highest BCUT2D eigenvalue weighted by molar-refractivity contribution is 5.41. The van der Waals surface area contributed by atoms with Gasteiger partial charge in [0.2, 0.25) is 0 Å². The first-order valence-corrected chi connectivity index (χ1v) is 8.16. The van der Waals surface area contributed by atoms with E-state index < -0.39 is 0 Å². The second kappa shape index (κ2) is 5.86. The molecule has 0 bridgehead atoms. The SMILES string of the molecule is C[N+]1(C)CCCC(c2ccccc2)(c2ccccc2)C(O)C1. The Morgan fingerprint density at radius 1 is 0.909 bits per heavy atom. The lowest BCUT2D eigenvalue weighted by molar-refractivity contribution is -0.892. The van der Waals surface area contributed by atoms with E-state index in [-0.39, 0.29) is 11.5 Å². The zero-order valence-electron chi connectivity index (χ0n) is 13.6. The molecule has 0 spiro atoms. The van der Waals surface area contributed by atoms with Crippen LogP contribution < -0.4 is 0 Å². The molecule has 1 atom stereocenters. The zero-order valence-corrected chi connectivity index (χ0v) is 13.6. The van der Waals surface area contributed by atoms with Crippen LogP contribution in [0.5, 0.6) is 0 Å². The molecule has 0 radical (unpaired) electrons. The Hall–Kier alpha value is -1.64. The van der Waals surface area contributed by atoms with E-state index in [1.54, 1.807) is 0 Å². The van der Waals surface area contributed by atoms with Gasteiger partial charge >= 0.3 is 0 Å². The number of quaternary nitrogens is 1. The Balaban J connectivity index is 2.15. The van der Waals surface area contributed by atoms with E-state index in [1.807, 2.05) is 12.1 Å². The molecule has 0 aliphatic carbocycles. The van der Waals surface area contributed by atoms with Crippen LogP contribution in [0.15, 0.2) is 60.7 Å². The predicted molar refractivity (Wildman–Crippen MR) is 90.7 cm³/mol. The number of aliphatic hydroxyl groups is 1. The molecule has 1 aliphatic rings. The molecule has 22 heavy (non-hydrogen) atoms. The Labute approximate surface area is 133 Å². The highest BCUT2D eigenvalue weighted by Gasteiger charge is 2.46. The van der Waals surface area contributed by atoms with Gasteiger partial charge in [0.25, 0.3) is 0 Å². The molecule has 2 aromatic rings. The van der Waals surface area contributed by atoms with Crippen molar-refractivity contribution in [2.24, 2.45) is 0 Å². The molecule has 2 aromatic carbocycles. The van der Waals surface area contributed by atoms with Gasteiger partial charge in [0, 0.05) is 0 Å². The maximum atomic E-state index is 11.2. The van der Waals surface area contributed by atoms with Crippen LogP contribution >= 0.6 is 0 Å². The van der Waals surface area contributed by atoms with Crippen molar-refractivity contribution in [3.63, 3.8) is 0 Å². The van der Waals surface area contributed by atoms with Gasteiger partial charge in [-0.3, -0.25) is 0 Å². The molecular formula is C20H26NO+. The van der Waals surface area contributed by atoms with Crippen molar-refractivity contribution in [2.45, 2.75) is 24.4 Å². The van der Waals surface area contributed by atoms with Crippen LogP contribution in [0.25, 0.3) is 0 Å². The van der Waals surface area contributed by atoms with Gasteiger partial charge in [0.1, 0.15) is 12.6 Å². The highest BCUT2D eigenvalue weighted by atomic mass is 16.3. The summed E-state index contributed by atoms with van der Waals surface area (Å²) in [7, 11) is 4.44. The number of likely N-dealkylation sites (N-methyl/N-ethyl adjacent to an activating group) is 1. The molecule has 0 aromatic heterocycles. The third kappa shape index (κ3) is 2.69. The molecule has 1 fully saturated rings. The topological polar surface area (TPSA) is 20.2 Å². The molecule has 1 aliphatic heterocycles. The molecule has 1 unspecified atom stereocenters. The summed E-state index contributed by atoms with van der Waals surface area (Å²) in [6, 6.07) is 21.1. The van der Waals surface area contributed by atoms with Gasteiger partial charge in [-0.25, -0.2) is 0 Å². The fourth-order valence-electron chi connectivity index (χ4n) is 3.98. The van der Waals surface area contributed by atoms with Crippen molar-refractivity contribution < 1.29 is 9.59 Å². The summed E-state index contributed by atoms with van der Waals surface area (Å²) in [5.74, 6) is 0. The van der Waals surface area contributed by atoms with E-state index in [0.29, 0.717) is 0 Å². The van der Waals surface area contributed by atoms with Crippen LogP contribution in [0.2, 0.25) is 0 Å². The number of nitrogens with zero attached hydrogens (tertiary/aromatic N) is 1. The lowest BCUT2D eigenvalue weighted by Crippen LogP contribution is -2.50. The van der Waals surface area contributed by atoms with Crippen LogP contribution in [0, 0.1) is 0 Å². The lowest BCUT2D eigenvalue weighted by Gasteiger charge is -2.39. The summed E-state index contributed by atoms with van der Waals surface area (Å²) in [5, 5.41) is 11.2. The van der Waals surface area contributed by atoms with E-state index in [2.05, 4.69) is 62.6 Å². The molecule has 2 heteroatoms. The van der Waals surface area contributed by atoms with Gasteiger partial charge in [-0.05, 0) is 24.0 Å². The Morgan fingerprint density at radius 2 is 1.41 bits per heavy atom. The van der Waals surface area contributed by atoms with Crippen LogP contribution in [-0.4, -0.2) is 42.9 Å². The number of hydrogen-bond donors (Lipinski definition) is 1. The fourth-order valence-corrected chi connectivity index (χ4v) is 3.98. The van der Waals surface area contributed by atoms with Crippen molar-refractivity contribution in [2.75, 3.05) is 27.2 Å². The first-order valence-electron chi connectivity index (χ1n) is 8.16. The van der Waals surface area contributed by atoms with Crippen LogP contribution in [0.1, 0.15) is 24.0 Å². The summed E-state index contributed by atoms with van der Waals surface area (Å²) in [6.45, 7) is 1.89. The van der Waals surface area contributed by atoms with Crippen molar-refractivity contribution in [1.82, 2.24) is 0 Å². The largest absolute Gasteiger partial charge is 0.386 e. The van der Waals surface area contributed by atoms with Crippen LogP contribution in [0.3, 0.4) is 0 Å². The summed E-state index contributed by atoms with van der Waals surface area (Å²) in [5.41, 5.74) is 2.17. The second-order valence-electron chi connectivity index (χ2n) is 7.16.